The molecule has 4 rings (SSSR count). The Morgan fingerprint density at radius 3 is 2.34 bits per heavy atom. The summed E-state index contributed by atoms with van der Waals surface area (Å²) in [6.45, 7) is 0. The maximum atomic E-state index is 12.4. The molecule has 1 unspecified atom stereocenters. The topological polar surface area (TPSA) is 78.7 Å². The Morgan fingerprint density at radius 2 is 1.59 bits per heavy atom. The lowest BCUT2D eigenvalue weighted by atomic mass is 9.92. The lowest BCUT2D eigenvalue weighted by Gasteiger charge is -2.21. The van der Waals surface area contributed by atoms with E-state index in [9.17, 15) is 14.9 Å². The van der Waals surface area contributed by atoms with Crippen LogP contribution < -0.4 is 4.74 Å². The van der Waals surface area contributed by atoms with E-state index in [0.717, 1.165) is 22.3 Å². The lowest BCUT2D eigenvalue weighted by Crippen LogP contribution is -2.19. The summed E-state index contributed by atoms with van der Waals surface area (Å²) in [6.07, 6.45) is -1.01. The van der Waals surface area contributed by atoms with Gasteiger partial charge in [0.05, 0.1) is 4.92 Å². The zero-order chi connectivity index (χ0) is 20.2. The Bertz CT molecular complexity index is 1140. The van der Waals surface area contributed by atoms with E-state index in [0.29, 0.717) is 6.42 Å². The number of non-ortho nitro benzene ring substituents is 1. The predicted molar refractivity (Wildman–Crippen MR) is 106 cm³/mol. The largest absolute Gasteiger partial charge is 0.514 e. The molecule has 1 aliphatic rings. The van der Waals surface area contributed by atoms with Gasteiger partial charge in [0.15, 0.2) is 0 Å². The van der Waals surface area contributed by atoms with E-state index >= 15 is 0 Å². The van der Waals surface area contributed by atoms with Crippen LogP contribution in [0.2, 0.25) is 0 Å². The van der Waals surface area contributed by atoms with Gasteiger partial charge >= 0.3 is 6.16 Å². The van der Waals surface area contributed by atoms with Crippen LogP contribution in [0, 0.1) is 22.0 Å². The van der Waals surface area contributed by atoms with Gasteiger partial charge in [-0.15, -0.1) is 0 Å². The Morgan fingerprint density at radius 1 is 0.931 bits per heavy atom. The lowest BCUT2D eigenvalue weighted by molar-refractivity contribution is -0.384. The highest BCUT2D eigenvalue weighted by Crippen LogP contribution is 2.29. The standard InChI is InChI=1S/C23H15NO5/c25-23(28-20-13-11-19(12-14-20)24(26)27)29-22-15-18-7-2-1-5-16(18)9-10-17-6-3-4-8-21(17)22/h1-8,11-14,22H,15H2. The first-order valence-corrected chi connectivity index (χ1v) is 8.92. The van der Waals surface area contributed by atoms with Crippen molar-refractivity contribution in [2.24, 2.45) is 0 Å². The number of benzene rings is 3. The third-order valence-electron chi connectivity index (χ3n) is 4.55. The molecule has 0 bridgehead atoms. The Kier molecular flexibility index (Phi) is 4.95. The summed E-state index contributed by atoms with van der Waals surface area (Å²) in [5.41, 5.74) is 3.36. The average Bonchev–Trinajstić information content (AvgIpc) is 2.72. The van der Waals surface area contributed by atoms with Crippen LogP contribution in [-0.2, 0) is 11.2 Å². The summed E-state index contributed by atoms with van der Waals surface area (Å²) in [6, 6.07) is 20.5. The van der Waals surface area contributed by atoms with Crippen molar-refractivity contribution in [1.29, 1.82) is 0 Å². The quantitative estimate of drug-likeness (QED) is 0.213. The fourth-order valence-corrected chi connectivity index (χ4v) is 3.13. The van der Waals surface area contributed by atoms with Crippen molar-refractivity contribution in [2.45, 2.75) is 12.5 Å². The molecule has 1 aliphatic carbocycles. The van der Waals surface area contributed by atoms with Crippen molar-refractivity contribution < 1.29 is 19.2 Å². The molecule has 0 heterocycles. The molecule has 6 nitrogen and oxygen atoms in total. The fourth-order valence-electron chi connectivity index (χ4n) is 3.13. The Hall–Kier alpha value is -4.11. The van der Waals surface area contributed by atoms with Crippen LogP contribution in [0.15, 0.2) is 72.8 Å². The second kappa shape index (κ2) is 7.87. The zero-order valence-corrected chi connectivity index (χ0v) is 15.2. The number of rotatable bonds is 3. The first kappa shape index (κ1) is 18.3. The van der Waals surface area contributed by atoms with Gasteiger partial charge < -0.3 is 9.47 Å². The van der Waals surface area contributed by atoms with Gasteiger partial charge in [0, 0.05) is 35.2 Å². The van der Waals surface area contributed by atoms with Crippen LogP contribution in [0.25, 0.3) is 0 Å². The van der Waals surface area contributed by atoms with Crippen molar-refractivity contribution in [3.63, 3.8) is 0 Å². The van der Waals surface area contributed by atoms with Crippen molar-refractivity contribution >= 4 is 11.8 Å². The van der Waals surface area contributed by atoms with E-state index in [4.69, 9.17) is 9.47 Å². The number of hydrogen-bond donors (Lipinski definition) is 0. The second-order valence-corrected chi connectivity index (χ2v) is 6.41. The molecule has 1 atom stereocenters. The normalized spacial score (nSPS) is 14.1. The number of carbonyl (C=O) groups excluding carboxylic acids is 1. The van der Waals surface area contributed by atoms with Crippen molar-refractivity contribution in [1.82, 2.24) is 0 Å². The van der Waals surface area contributed by atoms with E-state index in [1.807, 2.05) is 48.5 Å². The van der Waals surface area contributed by atoms with E-state index < -0.39 is 17.2 Å². The third kappa shape index (κ3) is 4.09. The molecule has 0 aromatic heterocycles. The molecule has 0 spiro atoms. The summed E-state index contributed by atoms with van der Waals surface area (Å²) < 4.78 is 10.8. The minimum absolute atomic E-state index is 0.0881. The summed E-state index contributed by atoms with van der Waals surface area (Å²) in [5, 5.41) is 10.7. The monoisotopic (exact) mass is 385 g/mol. The number of carbonyl (C=O) groups is 1. The van der Waals surface area contributed by atoms with Crippen molar-refractivity contribution in [2.75, 3.05) is 0 Å². The first-order chi connectivity index (χ1) is 14.1. The highest BCUT2D eigenvalue weighted by atomic mass is 16.7. The molecule has 6 heteroatoms. The van der Waals surface area contributed by atoms with E-state index in [1.165, 1.54) is 24.3 Å². The van der Waals surface area contributed by atoms with E-state index in [1.54, 1.807) is 0 Å². The van der Waals surface area contributed by atoms with Crippen LogP contribution >= 0.6 is 0 Å². The number of ether oxygens (including phenoxy) is 2. The van der Waals surface area contributed by atoms with Gasteiger partial charge in [-0.2, -0.15) is 0 Å². The van der Waals surface area contributed by atoms with E-state index in [2.05, 4.69) is 11.8 Å². The van der Waals surface area contributed by atoms with Gasteiger partial charge in [0.2, 0.25) is 0 Å². The van der Waals surface area contributed by atoms with Gasteiger partial charge in [0.25, 0.3) is 5.69 Å². The molecular weight excluding hydrogens is 370 g/mol. The molecule has 142 valence electrons. The van der Waals surface area contributed by atoms with Crippen molar-refractivity contribution in [3.8, 4) is 17.6 Å². The van der Waals surface area contributed by atoms with Gasteiger partial charge in [-0.3, -0.25) is 10.1 Å². The van der Waals surface area contributed by atoms with Crippen LogP contribution in [-0.4, -0.2) is 11.1 Å². The van der Waals surface area contributed by atoms with E-state index in [-0.39, 0.29) is 11.4 Å². The highest BCUT2D eigenvalue weighted by Gasteiger charge is 2.23. The molecule has 3 aromatic carbocycles. The molecule has 3 aromatic rings. The number of nitro benzene ring substituents is 1. The Balaban J connectivity index is 1.58. The van der Waals surface area contributed by atoms with Crippen LogP contribution in [0.1, 0.15) is 28.4 Å². The van der Waals surface area contributed by atoms with Crippen LogP contribution in [0.3, 0.4) is 0 Å². The van der Waals surface area contributed by atoms with Gasteiger partial charge in [-0.25, -0.2) is 4.79 Å². The van der Waals surface area contributed by atoms with Gasteiger partial charge in [-0.1, -0.05) is 48.2 Å². The second-order valence-electron chi connectivity index (χ2n) is 6.41. The van der Waals surface area contributed by atoms with Crippen molar-refractivity contribution in [3.05, 3.63) is 105 Å². The molecule has 0 amide bonds. The molecule has 29 heavy (non-hydrogen) atoms. The summed E-state index contributed by atoms with van der Waals surface area (Å²) >= 11 is 0. The Labute approximate surface area is 166 Å². The van der Waals surface area contributed by atoms with Gasteiger partial charge in [0.1, 0.15) is 11.9 Å². The fraction of sp³-hybridized carbons (Fsp3) is 0.0870. The summed E-state index contributed by atoms with van der Waals surface area (Å²) in [7, 11) is 0. The number of hydrogen-bond acceptors (Lipinski definition) is 5. The molecule has 0 fully saturated rings. The molecule has 0 aliphatic heterocycles. The smallest absolute Gasteiger partial charge is 0.425 e. The zero-order valence-electron chi connectivity index (χ0n) is 15.2. The molecule has 0 N–H and O–H groups in total. The molecule has 0 saturated heterocycles. The minimum atomic E-state index is -0.885. The number of nitro groups is 1. The molecule has 0 saturated carbocycles. The maximum Gasteiger partial charge on any atom is 0.514 e. The predicted octanol–water partition coefficient (Wildman–Crippen LogP) is 4.81. The molecular formula is C23H15NO5. The SMILES string of the molecule is O=C(Oc1ccc([N+](=O)[O-])cc1)OC1Cc2ccccc2C#Cc2ccccc21. The van der Waals surface area contributed by atoms with Crippen LogP contribution in [0.4, 0.5) is 10.5 Å². The first-order valence-electron chi connectivity index (χ1n) is 8.92. The maximum absolute atomic E-state index is 12.4. The summed E-state index contributed by atoms with van der Waals surface area (Å²) in [5.74, 6) is 6.48. The minimum Gasteiger partial charge on any atom is -0.425 e. The third-order valence-corrected chi connectivity index (χ3v) is 4.55. The summed E-state index contributed by atoms with van der Waals surface area (Å²) in [4.78, 5) is 22.6. The number of nitrogens with zero attached hydrogens (tertiary/aromatic N) is 1. The van der Waals surface area contributed by atoms with Gasteiger partial charge in [-0.05, 0) is 29.8 Å². The number of fused-ring (bicyclic) bond motifs is 2. The average molecular weight is 385 g/mol. The van der Waals surface area contributed by atoms with Crippen LogP contribution in [0.5, 0.6) is 5.75 Å². The highest BCUT2D eigenvalue weighted by molar-refractivity contribution is 5.65. The molecule has 0 radical (unpaired) electrons.